The normalized spacial score (nSPS) is 21.2. The molecule has 0 amide bonds. The lowest BCUT2D eigenvalue weighted by molar-refractivity contribution is 0.108. The molecule has 0 aromatic heterocycles. The van der Waals surface area contributed by atoms with E-state index < -0.39 is 0 Å². The van der Waals surface area contributed by atoms with E-state index in [0.717, 1.165) is 32.2 Å². The fourth-order valence-electron chi connectivity index (χ4n) is 2.31. The van der Waals surface area contributed by atoms with Gasteiger partial charge in [-0.3, -0.25) is 0 Å². The van der Waals surface area contributed by atoms with Gasteiger partial charge in [0.25, 0.3) is 0 Å². The minimum Gasteiger partial charge on any atom is -0.380 e. The predicted octanol–water partition coefficient (Wildman–Crippen LogP) is 2.12. The SMILES string of the molecule is CCCCOCCN1CCC(CNCCC)C1. The highest BCUT2D eigenvalue weighted by atomic mass is 16.5. The summed E-state index contributed by atoms with van der Waals surface area (Å²) in [5, 5.41) is 3.52. The van der Waals surface area contributed by atoms with Gasteiger partial charge in [-0.15, -0.1) is 0 Å². The molecule has 0 radical (unpaired) electrons. The molecule has 0 aromatic rings. The maximum Gasteiger partial charge on any atom is 0.0593 e. The summed E-state index contributed by atoms with van der Waals surface area (Å²) in [6.45, 7) is 12.3. The second-order valence-corrected chi connectivity index (χ2v) is 5.13. The van der Waals surface area contributed by atoms with Crippen molar-refractivity contribution in [2.45, 2.75) is 39.5 Å². The molecule has 3 heteroatoms. The Morgan fingerprint density at radius 2 is 2.12 bits per heavy atom. The fraction of sp³-hybridized carbons (Fsp3) is 1.00. The summed E-state index contributed by atoms with van der Waals surface area (Å²) in [5.41, 5.74) is 0. The van der Waals surface area contributed by atoms with Crippen LogP contribution in [0, 0.1) is 5.92 Å². The Hall–Kier alpha value is -0.120. The second-order valence-electron chi connectivity index (χ2n) is 5.13. The molecule has 102 valence electrons. The van der Waals surface area contributed by atoms with Crippen LogP contribution in [0.3, 0.4) is 0 Å². The lowest BCUT2D eigenvalue weighted by Crippen LogP contribution is -2.29. The maximum atomic E-state index is 5.61. The fourth-order valence-corrected chi connectivity index (χ4v) is 2.31. The van der Waals surface area contributed by atoms with Crippen LogP contribution in [0.4, 0.5) is 0 Å². The van der Waals surface area contributed by atoms with E-state index in [9.17, 15) is 0 Å². The molecule has 1 unspecified atom stereocenters. The van der Waals surface area contributed by atoms with Crippen molar-refractivity contribution in [2.24, 2.45) is 5.92 Å². The molecule has 0 bridgehead atoms. The molecule has 1 rings (SSSR count). The number of rotatable bonds is 10. The number of likely N-dealkylation sites (tertiary alicyclic amines) is 1. The maximum absolute atomic E-state index is 5.61. The molecule has 1 saturated heterocycles. The number of unbranched alkanes of at least 4 members (excludes halogenated alkanes) is 1. The molecule has 1 aliphatic rings. The molecule has 1 aliphatic heterocycles. The largest absolute Gasteiger partial charge is 0.380 e. The summed E-state index contributed by atoms with van der Waals surface area (Å²) in [6.07, 6.45) is 5.02. The second kappa shape index (κ2) is 9.86. The van der Waals surface area contributed by atoms with Gasteiger partial charge in [0.2, 0.25) is 0 Å². The van der Waals surface area contributed by atoms with Gasteiger partial charge >= 0.3 is 0 Å². The molecule has 1 heterocycles. The molecule has 1 N–H and O–H groups in total. The Labute approximate surface area is 107 Å². The van der Waals surface area contributed by atoms with Crippen molar-refractivity contribution in [1.29, 1.82) is 0 Å². The van der Waals surface area contributed by atoms with E-state index in [-0.39, 0.29) is 0 Å². The molecule has 0 aliphatic carbocycles. The Balaban J connectivity index is 1.94. The third-order valence-corrected chi connectivity index (χ3v) is 3.42. The molecule has 0 aromatic carbocycles. The van der Waals surface area contributed by atoms with E-state index in [1.165, 1.54) is 45.3 Å². The molecule has 0 saturated carbocycles. The van der Waals surface area contributed by atoms with Gasteiger partial charge in [0.15, 0.2) is 0 Å². The van der Waals surface area contributed by atoms with Crippen LogP contribution in [0.25, 0.3) is 0 Å². The van der Waals surface area contributed by atoms with Crippen molar-refractivity contribution in [3.63, 3.8) is 0 Å². The van der Waals surface area contributed by atoms with Crippen molar-refractivity contribution in [2.75, 3.05) is 45.9 Å². The minimum atomic E-state index is 0.859. The highest BCUT2D eigenvalue weighted by Crippen LogP contribution is 2.14. The number of ether oxygens (including phenoxy) is 1. The van der Waals surface area contributed by atoms with Crippen LogP contribution in [-0.2, 0) is 4.74 Å². The van der Waals surface area contributed by atoms with E-state index in [2.05, 4.69) is 24.1 Å². The number of nitrogens with zero attached hydrogens (tertiary/aromatic N) is 1. The van der Waals surface area contributed by atoms with E-state index in [0.29, 0.717) is 0 Å². The molecule has 1 atom stereocenters. The van der Waals surface area contributed by atoms with Crippen molar-refractivity contribution in [3.8, 4) is 0 Å². The van der Waals surface area contributed by atoms with Crippen LogP contribution in [0.2, 0.25) is 0 Å². The van der Waals surface area contributed by atoms with Crippen LogP contribution in [0.5, 0.6) is 0 Å². The average molecular weight is 242 g/mol. The van der Waals surface area contributed by atoms with E-state index >= 15 is 0 Å². The summed E-state index contributed by atoms with van der Waals surface area (Å²) in [5.74, 6) is 0.859. The first-order valence-electron chi connectivity index (χ1n) is 7.37. The van der Waals surface area contributed by atoms with Crippen LogP contribution in [0.1, 0.15) is 39.5 Å². The van der Waals surface area contributed by atoms with Crippen molar-refractivity contribution in [1.82, 2.24) is 10.2 Å². The molecular weight excluding hydrogens is 212 g/mol. The molecule has 1 fully saturated rings. The Kier molecular flexibility index (Phi) is 8.67. The molecule has 0 spiro atoms. The van der Waals surface area contributed by atoms with Gasteiger partial charge in [0, 0.05) is 19.7 Å². The quantitative estimate of drug-likeness (QED) is 0.594. The highest BCUT2D eigenvalue weighted by Gasteiger charge is 2.21. The summed E-state index contributed by atoms with van der Waals surface area (Å²) < 4.78 is 5.61. The Morgan fingerprint density at radius 1 is 1.24 bits per heavy atom. The van der Waals surface area contributed by atoms with Crippen LogP contribution in [0.15, 0.2) is 0 Å². The number of hydrogen-bond donors (Lipinski definition) is 1. The summed E-state index contributed by atoms with van der Waals surface area (Å²) >= 11 is 0. The standard InChI is InChI=1S/C14H30N2O/c1-3-5-10-17-11-9-16-8-6-14(13-16)12-15-7-4-2/h14-15H,3-13H2,1-2H3. The summed E-state index contributed by atoms with van der Waals surface area (Å²) in [6, 6.07) is 0. The first-order valence-corrected chi connectivity index (χ1v) is 7.37. The lowest BCUT2D eigenvalue weighted by Gasteiger charge is -2.16. The zero-order chi connectivity index (χ0) is 12.3. The van der Waals surface area contributed by atoms with Crippen molar-refractivity contribution >= 4 is 0 Å². The van der Waals surface area contributed by atoms with Gasteiger partial charge in [-0.2, -0.15) is 0 Å². The third-order valence-electron chi connectivity index (χ3n) is 3.42. The summed E-state index contributed by atoms with van der Waals surface area (Å²) in [4.78, 5) is 2.55. The van der Waals surface area contributed by atoms with Gasteiger partial charge in [-0.25, -0.2) is 0 Å². The highest BCUT2D eigenvalue weighted by molar-refractivity contribution is 4.76. The monoisotopic (exact) mass is 242 g/mol. The minimum absolute atomic E-state index is 0.859. The molecular formula is C14H30N2O. The molecule has 17 heavy (non-hydrogen) atoms. The smallest absolute Gasteiger partial charge is 0.0593 e. The van der Waals surface area contributed by atoms with Crippen LogP contribution < -0.4 is 5.32 Å². The first-order chi connectivity index (χ1) is 8.36. The van der Waals surface area contributed by atoms with E-state index in [1.54, 1.807) is 0 Å². The van der Waals surface area contributed by atoms with Crippen LogP contribution in [-0.4, -0.2) is 50.8 Å². The number of hydrogen-bond acceptors (Lipinski definition) is 3. The van der Waals surface area contributed by atoms with E-state index in [4.69, 9.17) is 4.74 Å². The van der Waals surface area contributed by atoms with Gasteiger partial charge in [0.05, 0.1) is 6.61 Å². The van der Waals surface area contributed by atoms with E-state index in [1.807, 2.05) is 0 Å². The van der Waals surface area contributed by atoms with Crippen molar-refractivity contribution in [3.05, 3.63) is 0 Å². The van der Waals surface area contributed by atoms with Crippen molar-refractivity contribution < 1.29 is 4.74 Å². The van der Waals surface area contributed by atoms with Gasteiger partial charge in [0.1, 0.15) is 0 Å². The Bertz CT molecular complexity index is 176. The van der Waals surface area contributed by atoms with Gasteiger partial charge in [-0.1, -0.05) is 20.3 Å². The first kappa shape index (κ1) is 14.9. The zero-order valence-corrected chi connectivity index (χ0v) is 11.7. The van der Waals surface area contributed by atoms with Gasteiger partial charge < -0.3 is 15.0 Å². The van der Waals surface area contributed by atoms with Crippen LogP contribution >= 0.6 is 0 Å². The summed E-state index contributed by atoms with van der Waals surface area (Å²) in [7, 11) is 0. The predicted molar refractivity (Wildman–Crippen MR) is 73.4 cm³/mol. The lowest BCUT2D eigenvalue weighted by atomic mass is 10.1. The van der Waals surface area contributed by atoms with Gasteiger partial charge in [-0.05, 0) is 44.8 Å². The Morgan fingerprint density at radius 3 is 2.88 bits per heavy atom. The topological polar surface area (TPSA) is 24.5 Å². The zero-order valence-electron chi connectivity index (χ0n) is 11.7. The average Bonchev–Trinajstić information content (AvgIpc) is 2.77. The third kappa shape index (κ3) is 7.02. The molecule has 3 nitrogen and oxygen atoms in total. The number of nitrogens with one attached hydrogen (secondary N) is 1.